The highest BCUT2D eigenvalue weighted by Crippen LogP contribution is 2.09. The molecule has 2 rings (SSSR count). The number of aryl methyl sites for hydroxylation is 1. The van der Waals surface area contributed by atoms with Crippen LogP contribution < -0.4 is 10.5 Å². The molecule has 0 aliphatic heterocycles. The number of benzene rings is 1. The van der Waals surface area contributed by atoms with Gasteiger partial charge in [0, 0.05) is 12.6 Å². The summed E-state index contributed by atoms with van der Waals surface area (Å²) in [6.45, 7) is 1.65. The van der Waals surface area contributed by atoms with Crippen LogP contribution in [0.5, 0.6) is 0 Å². The number of sulfonamides is 1. The van der Waals surface area contributed by atoms with Crippen LogP contribution in [0.4, 0.5) is 5.69 Å². The number of rotatable bonds is 5. The van der Waals surface area contributed by atoms with Gasteiger partial charge in [0.05, 0.1) is 12.3 Å². The van der Waals surface area contributed by atoms with Crippen molar-refractivity contribution in [3.8, 4) is 0 Å². The van der Waals surface area contributed by atoms with E-state index >= 15 is 0 Å². The Morgan fingerprint density at radius 2 is 2.00 bits per heavy atom. The first-order valence-corrected chi connectivity index (χ1v) is 7.21. The average molecular weight is 282 g/mol. The first-order chi connectivity index (χ1) is 8.94. The van der Waals surface area contributed by atoms with Crippen molar-refractivity contribution in [2.75, 3.05) is 5.73 Å². The van der Waals surface area contributed by atoms with E-state index in [1.165, 1.54) is 0 Å². The number of nitrogens with zero attached hydrogens (tertiary/aromatic N) is 2. The van der Waals surface area contributed by atoms with Gasteiger partial charge in [0.25, 0.3) is 0 Å². The summed E-state index contributed by atoms with van der Waals surface area (Å²) >= 11 is 0. The molecule has 0 radical (unpaired) electrons. The summed E-state index contributed by atoms with van der Waals surface area (Å²) in [4.78, 5) is 3.91. The zero-order valence-corrected chi connectivity index (χ0v) is 11.1. The van der Waals surface area contributed by atoms with Gasteiger partial charge in [0.15, 0.2) is 5.82 Å². The molecule has 3 N–H and O–H groups in total. The second kappa shape index (κ2) is 5.37. The Morgan fingerprint density at radius 1 is 1.32 bits per heavy atom. The lowest BCUT2D eigenvalue weighted by molar-refractivity contribution is 0.387. The van der Waals surface area contributed by atoms with Crippen molar-refractivity contribution in [3.05, 3.63) is 41.5 Å². The second-order valence-electron chi connectivity index (χ2n) is 4.05. The normalized spacial score (nSPS) is 11.6. The molecule has 102 valence electrons. The molecule has 19 heavy (non-hydrogen) atoms. The molecular formula is C11H14N4O3S. The number of hydrogen-bond donors (Lipinski definition) is 2. The van der Waals surface area contributed by atoms with Gasteiger partial charge >= 0.3 is 0 Å². The van der Waals surface area contributed by atoms with Gasteiger partial charge in [-0.2, -0.15) is 4.98 Å². The first kappa shape index (κ1) is 13.5. The minimum absolute atomic E-state index is 0.00858. The van der Waals surface area contributed by atoms with Gasteiger partial charge in [0.2, 0.25) is 15.9 Å². The van der Waals surface area contributed by atoms with Crippen LogP contribution in [-0.4, -0.2) is 18.6 Å². The maximum absolute atomic E-state index is 11.8. The summed E-state index contributed by atoms with van der Waals surface area (Å²) in [6.07, 6.45) is 0. The summed E-state index contributed by atoms with van der Waals surface area (Å²) in [5.74, 6) is 0.579. The molecule has 1 aromatic carbocycles. The molecule has 0 aliphatic rings. The van der Waals surface area contributed by atoms with Gasteiger partial charge in [-0.05, 0) is 17.7 Å². The third kappa shape index (κ3) is 4.04. The smallest absolute Gasteiger partial charge is 0.223 e. The predicted molar refractivity (Wildman–Crippen MR) is 69.4 cm³/mol. The fraction of sp³-hybridized carbons (Fsp3) is 0.273. The highest BCUT2D eigenvalue weighted by molar-refractivity contribution is 7.88. The fourth-order valence-electron chi connectivity index (χ4n) is 1.47. The third-order valence-electron chi connectivity index (χ3n) is 2.36. The highest BCUT2D eigenvalue weighted by Gasteiger charge is 2.13. The van der Waals surface area contributed by atoms with Crippen LogP contribution in [0.15, 0.2) is 28.8 Å². The lowest BCUT2D eigenvalue weighted by Crippen LogP contribution is -2.25. The summed E-state index contributed by atoms with van der Waals surface area (Å²) < 4.78 is 30.8. The molecule has 0 spiro atoms. The molecule has 0 fully saturated rings. The molecular weight excluding hydrogens is 268 g/mol. The number of anilines is 1. The Kier molecular flexibility index (Phi) is 3.82. The minimum Gasteiger partial charge on any atom is -0.399 e. The average Bonchev–Trinajstić information content (AvgIpc) is 2.76. The molecule has 2 aromatic rings. The quantitative estimate of drug-likeness (QED) is 0.776. The van der Waals surface area contributed by atoms with E-state index in [2.05, 4.69) is 14.9 Å². The van der Waals surface area contributed by atoms with Crippen molar-refractivity contribution in [3.63, 3.8) is 0 Å². The number of nitrogens with one attached hydrogen (secondary N) is 1. The van der Waals surface area contributed by atoms with Gasteiger partial charge in [-0.15, -0.1) is 0 Å². The molecule has 1 aromatic heterocycles. The Morgan fingerprint density at radius 3 is 2.58 bits per heavy atom. The van der Waals surface area contributed by atoms with E-state index in [-0.39, 0.29) is 12.3 Å². The van der Waals surface area contributed by atoms with Crippen molar-refractivity contribution in [2.24, 2.45) is 0 Å². The second-order valence-corrected chi connectivity index (χ2v) is 5.86. The van der Waals surface area contributed by atoms with E-state index in [1.807, 2.05) is 0 Å². The van der Waals surface area contributed by atoms with E-state index in [9.17, 15) is 8.42 Å². The molecule has 0 amide bonds. The van der Waals surface area contributed by atoms with Crippen LogP contribution in [0.1, 0.15) is 17.3 Å². The zero-order chi connectivity index (χ0) is 13.9. The highest BCUT2D eigenvalue weighted by atomic mass is 32.2. The molecule has 0 saturated heterocycles. The van der Waals surface area contributed by atoms with E-state index in [1.54, 1.807) is 31.2 Å². The molecule has 0 atom stereocenters. The first-order valence-electron chi connectivity index (χ1n) is 5.55. The number of aromatic nitrogens is 2. The number of nitrogens with two attached hydrogens (primary N) is 1. The van der Waals surface area contributed by atoms with E-state index in [0.717, 1.165) is 0 Å². The van der Waals surface area contributed by atoms with E-state index < -0.39 is 10.0 Å². The monoisotopic (exact) mass is 282 g/mol. The largest absolute Gasteiger partial charge is 0.399 e. The van der Waals surface area contributed by atoms with Crippen molar-refractivity contribution < 1.29 is 12.9 Å². The Hall–Kier alpha value is -1.93. The zero-order valence-electron chi connectivity index (χ0n) is 10.3. The molecule has 0 unspecified atom stereocenters. The molecule has 0 aliphatic carbocycles. The Balaban J connectivity index is 1.97. The van der Waals surface area contributed by atoms with E-state index in [0.29, 0.717) is 23.0 Å². The summed E-state index contributed by atoms with van der Waals surface area (Å²) in [6, 6.07) is 6.67. The summed E-state index contributed by atoms with van der Waals surface area (Å²) in [5, 5.41) is 3.61. The van der Waals surface area contributed by atoms with Crippen molar-refractivity contribution in [1.29, 1.82) is 0 Å². The molecule has 0 bridgehead atoms. The summed E-state index contributed by atoms with van der Waals surface area (Å²) in [5.41, 5.74) is 6.79. The maximum atomic E-state index is 11.8. The standard InChI is InChI=1S/C11H14N4O3S/c1-8-14-11(15-18-8)6-13-19(16,17)7-9-2-4-10(12)5-3-9/h2-5,13H,6-7,12H2,1H3. The van der Waals surface area contributed by atoms with Crippen molar-refractivity contribution in [1.82, 2.24) is 14.9 Å². The van der Waals surface area contributed by atoms with Crippen LogP contribution in [0.3, 0.4) is 0 Å². The van der Waals surface area contributed by atoms with Gasteiger partial charge < -0.3 is 10.3 Å². The number of nitrogen functional groups attached to an aromatic ring is 1. The van der Waals surface area contributed by atoms with Gasteiger partial charge in [-0.1, -0.05) is 17.3 Å². The fourth-order valence-corrected chi connectivity index (χ4v) is 2.55. The van der Waals surface area contributed by atoms with Gasteiger partial charge in [0.1, 0.15) is 0 Å². The molecule has 1 heterocycles. The molecule has 0 saturated carbocycles. The van der Waals surface area contributed by atoms with Crippen LogP contribution >= 0.6 is 0 Å². The lowest BCUT2D eigenvalue weighted by Gasteiger charge is -2.05. The predicted octanol–water partition coefficient (Wildman–Crippen LogP) is 0.580. The lowest BCUT2D eigenvalue weighted by atomic mass is 10.2. The summed E-state index contributed by atoms with van der Waals surface area (Å²) in [7, 11) is -3.45. The van der Waals surface area contributed by atoms with E-state index in [4.69, 9.17) is 10.3 Å². The van der Waals surface area contributed by atoms with Gasteiger partial charge in [-0.3, -0.25) is 0 Å². The van der Waals surface area contributed by atoms with Crippen LogP contribution in [0, 0.1) is 6.92 Å². The topological polar surface area (TPSA) is 111 Å². The third-order valence-corrected chi connectivity index (χ3v) is 3.65. The Labute approximate surface area is 110 Å². The van der Waals surface area contributed by atoms with Crippen LogP contribution in [-0.2, 0) is 22.3 Å². The molecule has 7 nitrogen and oxygen atoms in total. The SMILES string of the molecule is Cc1nc(CNS(=O)(=O)Cc2ccc(N)cc2)no1. The van der Waals surface area contributed by atoms with Crippen LogP contribution in [0.2, 0.25) is 0 Å². The Bertz CT molecular complexity index is 649. The minimum atomic E-state index is -3.45. The van der Waals surface area contributed by atoms with Crippen molar-refractivity contribution in [2.45, 2.75) is 19.2 Å². The van der Waals surface area contributed by atoms with Gasteiger partial charge in [-0.25, -0.2) is 13.1 Å². The van der Waals surface area contributed by atoms with Crippen molar-refractivity contribution >= 4 is 15.7 Å². The maximum Gasteiger partial charge on any atom is 0.223 e. The van der Waals surface area contributed by atoms with Crippen LogP contribution in [0.25, 0.3) is 0 Å². The molecule has 8 heteroatoms. The number of hydrogen-bond acceptors (Lipinski definition) is 6.